The van der Waals surface area contributed by atoms with E-state index in [1.54, 1.807) is 10.8 Å². The van der Waals surface area contributed by atoms with Crippen molar-refractivity contribution in [1.29, 1.82) is 0 Å². The molecule has 4 nitrogen and oxygen atoms in total. The zero-order chi connectivity index (χ0) is 25.4. The Morgan fingerprint density at radius 2 is 1.77 bits per heavy atom. The zero-order valence-electron chi connectivity index (χ0n) is 19.2. The first-order valence-electron chi connectivity index (χ1n) is 11.0. The fraction of sp³-hybridized carbons (Fsp3) is 0.214. The minimum atomic E-state index is -4.71. The van der Waals surface area contributed by atoms with E-state index in [9.17, 15) is 23.1 Å². The number of aromatic nitrogens is 1. The average Bonchev–Trinajstić information content (AvgIpc) is 3.19. The third kappa shape index (κ3) is 4.98. The lowest BCUT2D eigenvalue weighted by atomic mass is 9.93. The first kappa shape index (κ1) is 24.2. The summed E-state index contributed by atoms with van der Waals surface area (Å²) in [5.41, 5.74) is 0.668. The first-order valence-corrected chi connectivity index (χ1v) is 11.0. The lowest BCUT2D eigenvalue weighted by Crippen LogP contribution is -2.40. The van der Waals surface area contributed by atoms with Gasteiger partial charge < -0.3 is 9.67 Å². The molecule has 4 aromatic rings. The van der Waals surface area contributed by atoms with E-state index in [1.165, 1.54) is 13.0 Å². The number of hydrogen-bond acceptors (Lipinski definition) is 2. The minimum Gasteiger partial charge on any atom is -0.380 e. The molecule has 1 heterocycles. The summed E-state index contributed by atoms with van der Waals surface area (Å²) in [6.07, 6.45) is -3.31. The maximum Gasteiger partial charge on any atom is 0.407 e. The maximum absolute atomic E-state index is 13.3. The molecule has 0 fully saturated rings. The lowest BCUT2D eigenvalue weighted by Gasteiger charge is -2.23. The van der Waals surface area contributed by atoms with Gasteiger partial charge in [-0.1, -0.05) is 48.5 Å². The number of nitrogens with zero attached hydrogens (tertiary/aromatic N) is 2. The van der Waals surface area contributed by atoms with Crippen molar-refractivity contribution in [1.82, 2.24) is 4.57 Å². The number of alkyl halides is 3. The third-order valence-corrected chi connectivity index (χ3v) is 6.13. The summed E-state index contributed by atoms with van der Waals surface area (Å²) in [6.45, 7) is 10.3. The van der Waals surface area contributed by atoms with E-state index in [0.29, 0.717) is 0 Å². The number of ketones is 1. The third-order valence-electron chi connectivity index (χ3n) is 6.13. The second-order valence-electron chi connectivity index (χ2n) is 8.87. The highest BCUT2D eigenvalue weighted by atomic mass is 19.4. The molecule has 7 heteroatoms. The van der Waals surface area contributed by atoms with Crippen molar-refractivity contribution >= 4 is 22.4 Å². The molecule has 0 bridgehead atoms. The fourth-order valence-corrected chi connectivity index (χ4v) is 4.23. The van der Waals surface area contributed by atoms with Gasteiger partial charge in [-0.25, -0.2) is 4.85 Å². The molecule has 0 spiro atoms. The van der Waals surface area contributed by atoms with E-state index in [4.69, 9.17) is 6.57 Å². The van der Waals surface area contributed by atoms with Gasteiger partial charge in [0.15, 0.2) is 11.5 Å². The monoisotopic (exact) mass is 476 g/mol. The van der Waals surface area contributed by atoms with Crippen LogP contribution in [0.3, 0.4) is 0 Å². The molecule has 4 rings (SSSR count). The Hall–Kier alpha value is -3.89. The standard InChI is InChI=1S/C28H23F3N2O2/c1-18-13-21-11-12-33(25(21)16-22(18)20-7-5-4-6-8-20)17-27(2,35)26(34)15-19-9-10-24(32-3)23(14-19)28(29,30)31/h4-14,16,35H,15,17H2,1-2H3/t27-/m0/s1. The van der Waals surface area contributed by atoms with Gasteiger partial charge in [0.1, 0.15) is 5.60 Å². The Balaban J connectivity index is 1.61. The summed E-state index contributed by atoms with van der Waals surface area (Å²) < 4.78 is 41.6. The number of carbonyl (C=O) groups excluding carboxylic acids is 1. The van der Waals surface area contributed by atoms with Gasteiger partial charge in [0.25, 0.3) is 0 Å². The molecule has 3 aromatic carbocycles. The molecule has 0 aliphatic rings. The van der Waals surface area contributed by atoms with Crippen molar-refractivity contribution in [2.75, 3.05) is 0 Å². The number of halogens is 3. The number of aliphatic hydroxyl groups is 1. The second-order valence-corrected chi connectivity index (χ2v) is 8.87. The maximum atomic E-state index is 13.3. The normalized spacial score (nSPS) is 13.4. The summed E-state index contributed by atoms with van der Waals surface area (Å²) in [7, 11) is 0. The van der Waals surface area contributed by atoms with Crippen LogP contribution in [0.4, 0.5) is 18.9 Å². The van der Waals surface area contributed by atoms with E-state index in [0.717, 1.165) is 39.7 Å². The van der Waals surface area contributed by atoms with Gasteiger partial charge in [0, 0.05) is 18.1 Å². The predicted octanol–water partition coefficient (Wildman–Crippen LogP) is 6.75. The second kappa shape index (κ2) is 9.05. The highest BCUT2D eigenvalue weighted by Crippen LogP contribution is 2.37. The first-order chi connectivity index (χ1) is 16.5. The van der Waals surface area contributed by atoms with Crippen LogP contribution >= 0.6 is 0 Å². The van der Waals surface area contributed by atoms with E-state index in [-0.39, 0.29) is 18.5 Å². The van der Waals surface area contributed by atoms with Crippen LogP contribution in [0, 0.1) is 13.5 Å². The summed E-state index contributed by atoms with van der Waals surface area (Å²) in [5, 5.41) is 12.0. The van der Waals surface area contributed by atoms with Gasteiger partial charge in [-0.05, 0) is 59.7 Å². The Bertz CT molecular complexity index is 1450. The number of aryl methyl sites for hydroxylation is 1. The molecule has 0 saturated carbocycles. The van der Waals surface area contributed by atoms with Gasteiger partial charge in [-0.3, -0.25) is 4.79 Å². The van der Waals surface area contributed by atoms with Crippen molar-refractivity contribution in [2.45, 2.75) is 38.6 Å². The Morgan fingerprint density at radius 1 is 1.06 bits per heavy atom. The Morgan fingerprint density at radius 3 is 2.43 bits per heavy atom. The smallest absolute Gasteiger partial charge is 0.380 e. The predicted molar refractivity (Wildman–Crippen MR) is 129 cm³/mol. The molecule has 0 radical (unpaired) electrons. The van der Waals surface area contributed by atoms with E-state index in [1.807, 2.05) is 55.5 Å². The molecular formula is C28H23F3N2O2. The van der Waals surface area contributed by atoms with Crippen LogP contribution in [0.1, 0.15) is 23.6 Å². The summed E-state index contributed by atoms with van der Waals surface area (Å²) >= 11 is 0. The molecule has 1 aromatic heterocycles. The highest BCUT2D eigenvalue weighted by molar-refractivity contribution is 5.90. The molecule has 0 saturated heterocycles. The fourth-order valence-electron chi connectivity index (χ4n) is 4.23. The lowest BCUT2D eigenvalue weighted by molar-refractivity contribution is -0.138. The van der Waals surface area contributed by atoms with Crippen LogP contribution in [-0.2, 0) is 23.9 Å². The average molecular weight is 476 g/mol. The van der Waals surface area contributed by atoms with Gasteiger partial charge in [-0.2, -0.15) is 13.2 Å². The van der Waals surface area contributed by atoms with Crippen molar-refractivity contribution in [3.05, 3.63) is 101 Å². The number of hydrogen-bond donors (Lipinski definition) is 1. The van der Waals surface area contributed by atoms with Gasteiger partial charge in [0.05, 0.1) is 18.7 Å². The van der Waals surface area contributed by atoms with Crippen LogP contribution in [0.25, 0.3) is 26.9 Å². The molecule has 35 heavy (non-hydrogen) atoms. The molecule has 1 atom stereocenters. The van der Waals surface area contributed by atoms with Crippen molar-refractivity contribution < 1.29 is 23.1 Å². The SMILES string of the molecule is [C-]#[N+]c1ccc(CC(=O)[C@@](C)(O)Cn2ccc3cc(C)c(-c4ccccc4)cc32)cc1C(F)(F)F. The van der Waals surface area contributed by atoms with E-state index < -0.39 is 28.8 Å². The van der Waals surface area contributed by atoms with E-state index >= 15 is 0 Å². The van der Waals surface area contributed by atoms with Crippen LogP contribution in [0.15, 0.2) is 72.9 Å². The molecule has 1 N–H and O–H groups in total. The topological polar surface area (TPSA) is 46.6 Å². The van der Waals surface area contributed by atoms with Crippen LogP contribution in [-0.4, -0.2) is 21.1 Å². The number of benzene rings is 3. The molecule has 0 aliphatic heterocycles. The number of carbonyl (C=O) groups is 1. The highest BCUT2D eigenvalue weighted by Gasteiger charge is 2.35. The molecule has 178 valence electrons. The van der Waals surface area contributed by atoms with Crippen molar-refractivity contribution in [3.63, 3.8) is 0 Å². The molecule has 0 unspecified atom stereocenters. The van der Waals surface area contributed by atoms with Gasteiger partial charge in [-0.15, -0.1) is 0 Å². The zero-order valence-corrected chi connectivity index (χ0v) is 19.2. The number of rotatable bonds is 6. The largest absolute Gasteiger partial charge is 0.407 e. The van der Waals surface area contributed by atoms with Gasteiger partial charge >= 0.3 is 6.18 Å². The van der Waals surface area contributed by atoms with E-state index in [2.05, 4.69) is 4.85 Å². The van der Waals surface area contributed by atoms with Crippen LogP contribution in [0.2, 0.25) is 0 Å². The molecular weight excluding hydrogens is 453 g/mol. The summed E-state index contributed by atoms with van der Waals surface area (Å²) in [4.78, 5) is 15.9. The van der Waals surface area contributed by atoms with Crippen LogP contribution < -0.4 is 0 Å². The van der Waals surface area contributed by atoms with Crippen molar-refractivity contribution in [2.24, 2.45) is 0 Å². The minimum absolute atomic E-state index is 0.0567. The summed E-state index contributed by atoms with van der Waals surface area (Å²) in [5.74, 6) is -0.613. The number of fused-ring (bicyclic) bond motifs is 1. The summed E-state index contributed by atoms with van der Waals surface area (Å²) in [6, 6.07) is 19.0. The quantitative estimate of drug-likeness (QED) is 0.313. The van der Waals surface area contributed by atoms with Crippen molar-refractivity contribution in [3.8, 4) is 11.1 Å². The number of Topliss-reactive ketones (excluding diaryl/α,β-unsaturated/α-hetero) is 1. The molecule has 0 aliphatic carbocycles. The van der Waals surface area contributed by atoms with Crippen LogP contribution in [0.5, 0.6) is 0 Å². The van der Waals surface area contributed by atoms with Gasteiger partial charge in [0.2, 0.25) is 0 Å². The Kier molecular flexibility index (Phi) is 6.27. The molecule has 0 amide bonds. The Labute approximate surface area is 201 Å².